The molecule has 2 rings (SSSR count). The number of carbonyl (C=O) groups excluding carboxylic acids is 2. The van der Waals surface area contributed by atoms with Gasteiger partial charge in [0.25, 0.3) is 0 Å². The van der Waals surface area contributed by atoms with E-state index >= 15 is 0 Å². The zero-order chi connectivity index (χ0) is 14.4. The summed E-state index contributed by atoms with van der Waals surface area (Å²) in [5.74, 6) is 0.0546. The summed E-state index contributed by atoms with van der Waals surface area (Å²) in [5.41, 5.74) is 0.611. The van der Waals surface area contributed by atoms with Gasteiger partial charge in [0, 0.05) is 43.1 Å². The molecular weight excluding hydrogens is 276 g/mol. The number of halogens is 1. The Balaban J connectivity index is 1.83. The summed E-state index contributed by atoms with van der Waals surface area (Å²) in [6.45, 7) is 3.29. The summed E-state index contributed by atoms with van der Waals surface area (Å²) in [6.07, 6.45) is 1.50. The fourth-order valence-electron chi connectivity index (χ4n) is 2.25. The van der Waals surface area contributed by atoms with Crippen molar-refractivity contribution in [3.63, 3.8) is 0 Å². The van der Waals surface area contributed by atoms with Crippen LogP contribution in [0.2, 0.25) is 5.02 Å². The molecule has 1 saturated heterocycles. The minimum Gasteiger partial charge on any atom is -0.341 e. The maximum Gasteiger partial charge on any atom is 0.223 e. The molecule has 0 atom stereocenters. The normalized spacial score (nSPS) is 15.8. The van der Waals surface area contributed by atoms with Crippen LogP contribution < -0.4 is 5.32 Å². The number of benzene rings is 1. The van der Waals surface area contributed by atoms with Gasteiger partial charge in [-0.25, -0.2) is 0 Å². The Morgan fingerprint density at radius 1 is 1.10 bits per heavy atom. The average Bonchev–Trinajstić information content (AvgIpc) is 2.74. The molecule has 20 heavy (non-hydrogen) atoms. The first kappa shape index (κ1) is 15.0. The molecule has 0 bridgehead atoms. The Morgan fingerprint density at radius 2 is 1.85 bits per heavy atom. The average molecular weight is 295 g/mol. The highest BCUT2D eigenvalue weighted by Gasteiger charge is 2.16. The van der Waals surface area contributed by atoms with E-state index in [1.165, 1.54) is 0 Å². The van der Waals surface area contributed by atoms with Gasteiger partial charge in [0.05, 0.1) is 0 Å². The van der Waals surface area contributed by atoms with E-state index in [1.54, 1.807) is 24.3 Å². The molecule has 0 spiro atoms. The van der Waals surface area contributed by atoms with Gasteiger partial charge < -0.3 is 10.2 Å². The van der Waals surface area contributed by atoms with E-state index in [0.717, 1.165) is 32.6 Å². The zero-order valence-electron chi connectivity index (χ0n) is 11.4. The lowest BCUT2D eigenvalue weighted by molar-refractivity contribution is -0.130. The van der Waals surface area contributed by atoms with Crippen LogP contribution >= 0.6 is 11.6 Å². The Kier molecular flexibility index (Phi) is 5.56. The number of hydrogen-bond acceptors (Lipinski definition) is 3. The monoisotopic (exact) mass is 294 g/mol. The van der Waals surface area contributed by atoms with Crippen molar-refractivity contribution in [2.45, 2.75) is 19.3 Å². The molecule has 0 radical (unpaired) electrons. The van der Waals surface area contributed by atoms with Crippen LogP contribution in [-0.4, -0.2) is 42.8 Å². The van der Waals surface area contributed by atoms with Crippen molar-refractivity contribution in [2.24, 2.45) is 0 Å². The summed E-state index contributed by atoms with van der Waals surface area (Å²) in [7, 11) is 0. The van der Waals surface area contributed by atoms with E-state index in [-0.39, 0.29) is 24.5 Å². The smallest absolute Gasteiger partial charge is 0.223 e. The molecule has 0 unspecified atom stereocenters. The zero-order valence-corrected chi connectivity index (χ0v) is 12.2. The maximum atomic E-state index is 12.1. The summed E-state index contributed by atoms with van der Waals surface area (Å²) < 4.78 is 0. The molecule has 1 aliphatic heterocycles. The molecule has 4 nitrogen and oxygen atoms in total. The molecular formula is C15H19ClN2O2. The van der Waals surface area contributed by atoms with Crippen LogP contribution in [0.1, 0.15) is 29.6 Å². The first-order valence-corrected chi connectivity index (χ1v) is 7.32. The van der Waals surface area contributed by atoms with Gasteiger partial charge in [-0.2, -0.15) is 0 Å². The van der Waals surface area contributed by atoms with E-state index in [9.17, 15) is 9.59 Å². The molecule has 108 valence electrons. The van der Waals surface area contributed by atoms with Crippen molar-refractivity contribution in [3.8, 4) is 0 Å². The highest BCUT2D eigenvalue weighted by molar-refractivity contribution is 6.30. The predicted molar refractivity (Wildman–Crippen MR) is 79.1 cm³/mol. The lowest BCUT2D eigenvalue weighted by Crippen LogP contribution is -2.34. The lowest BCUT2D eigenvalue weighted by Gasteiger charge is -2.19. The first-order chi connectivity index (χ1) is 9.66. The summed E-state index contributed by atoms with van der Waals surface area (Å²) in [5, 5.41) is 3.86. The van der Waals surface area contributed by atoms with Crippen LogP contribution in [0.4, 0.5) is 0 Å². The van der Waals surface area contributed by atoms with Gasteiger partial charge in [0.2, 0.25) is 5.91 Å². The molecule has 1 N–H and O–H groups in total. The fraction of sp³-hybridized carbons (Fsp3) is 0.467. The van der Waals surface area contributed by atoms with Gasteiger partial charge in [-0.15, -0.1) is 0 Å². The van der Waals surface area contributed by atoms with Crippen LogP contribution in [0.25, 0.3) is 0 Å². The number of carbonyl (C=O) groups is 2. The number of hydrogen-bond donors (Lipinski definition) is 1. The van der Waals surface area contributed by atoms with Gasteiger partial charge in [-0.1, -0.05) is 11.6 Å². The SMILES string of the molecule is O=C(CCC(=O)N1CCCNCC1)c1ccc(Cl)cc1. The molecule has 5 heteroatoms. The topological polar surface area (TPSA) is 49.4 Å². The van der Waals surface area contributed by atoms with E-state index < -0.39 is 0 Å². The van der Waals surface area contributed by atoms with Gasteiger partial charge in [-0.05, 0) is 37.2 Å². The third-order valence-electron chi connectivity index (χ3n) is 3.42. The maximum absolute atomic E-state index is 12.1. The van der Waals surface area contributed by atoms with Crippen molar-refractivity contribution in [1.82, 2.24) is 10.2 Å². The van der Waals surface area contributed by atoms with E-state index in [1.807, 2.05) is 4.90 Å². The number of nitrogens with zero attached hydrogens (tertiary/aromatic N) is 1. The van der Waals surface area contributed by atoms with Crippen molar-refractivity contribution in [3.05, 3.63) is 34.9 Å². The van der Waals surface area contributed by atoms with Crippen LogP contribution in [0.15, 0.2) is 24.3 Å². The predicted octanol–water partition coefficient (Wildman–Crippen LogP) is 2.12. The molecule has 1 fully saturated rings. The Labute approximate surface area is 124 Å². The van der Waals surface area contributed by atoms with E-state index in [2.05, 4.69) is 5.32 Å². The lowest BCUT2D eigenvalue weighted by atomic mass is 10.1. The molecule has 1 aromatic rings. The largest absolute Gasteiger partial charge is 0.341 e. The number of amides is 1. The summed E-state index contributed by atoms with van der Waals surface area (Å²) in [6, 6.07) is 6.78. The number of ketones is 1. The highest BCUT2D eigenvalue weighted by Crippen LogP contribution is 2.12. The number of nitrogens with one attached hydrogen (secondary N) is 1. The first-order valence-electron chi connectivity index (χ1n) is 6.94. The van der Waals surface area contributed by atoms with Crippen LogP contribution in [0, 0.1) is 0 Å². The van der Waals surface area contributed by atoms with Gasteiger partial charge in [-0.3, -0.25) is 9.59 Å². The van der Waals surface area contributed by atoms with Crippen LogP contribution in [0.3, 0.4) is 0 Å². The van der Waals surface area contributed by atoms with Crippen molar-refractivity contribution >= 4 is 23.3 Å². The Hall–Kier alpha value is -1.39. The molecule has 0 aromatic heterocycles. The van der Waals surface area contributed by atoms with Crippen LogP contribution in [-0.2, 0) is 4.79 Å². The molecule has 1 amide bonds. The van der Waals surface area contributed by atoms with E-state index in [4.69, 9.17) is 11.6 Å². The van der Waals surface area contributed by atoms with Gasteiger partial charge in [0.1, 0.15) is 0 Å². The second kappa shape index (κ2) is 7.41. The third-order valence-corrected chi connectivity index (χ3v) is 3.68. The molecule has 0 aliphatic carbocycles. The molecule has 1 heterocycles. The van der Waals surface area contributed by atoms with Crippen molar-refractivity contribution in [1.29, 1.82) is 0 Å². The fourth-order valence-corrected chi connectivity index (χ4v) is 2.38. The Bertz CT molecular complexity index is 465. The van der Waals surface area contributed by atoms with Crippen molar-refractivity contribution in [2.75, 3.05) is 26.2 Å². The second-order valence-electron chi connectivity index (χ2n) is 4.91. The van der Waals surface area contributed by atoms with E-state index in [0.29, 0.717) is 10.6 Å². The number of Topliss-reactive ketones (excluding diaryl/α,β-unsaturated/α-hetero) is 1. The van der Waals surface area contributed by atoms with Crippen molar-refractivity contribution < 1.29 is 9.59 Å². The summed E-state index contributed by atoms with van der Waals surface area (Å²) in [4.78, 5) is 25.9. The van der Waals surface area contributed by atoms with Gasteiger partial charge >= 0.3 is 0 Å². The quantitative estimate of drug-likeness (QED) is 0.866. The molecule has 1 aromatic carbocycles. The Morgan fingerprint density at radius 3 is 2.60 bits per heavy atom. The summed E-state index contributed by atoms with van der Waals surface area (Å²) >= 11 is 5.78. The minimum atomic E-state index is -0.0111. The third kappa shape index (κ3) is 4.32. The second-order valence-corrected chi connectivity index (χ2v) is 5.35. The number of rotatable bonds is 4. The van der Waals surface area contributed by atoms with Crippen LogP contribution in [0.5, 0.6) is 0 Å². The minimum absolute atomic E-state index is 0.0111. The standard InChI is InChI=1S/C15H19ClN2O2/c16-13-4-2-12(3-5-13)14(19)6-7-15(20)18-10-1-8-17-9-11-18/h2-5,17H,1,6-11H2. The highest BCUT2D eigenvalue weighted by atomic mass is 35.5. The van der Waals surface area contributed by atoms with Gasteiger partial charge in [0.15, 0.2) is 5.78 Å². The molecule has 1 aliphatic rings. The molecule has 0 saturated carbocycles.